The van der Waals surface area contributed by atoms with Crippen LogP contribution in [0, 0.1) is 6.92 Å². The first-order chi connectivity index (χ1) is 10.5. The number of aromatic nitrogens is 1. The van der Waals surface area contributed by atoms with Gasteiger partial charge in [0.05, 0.1) is 5.56 Å². The number of nitrogens with one attached hydrogen (secondary N) is 1. The Balaban J connectivity index is 2.16. The zero-order chi connectivity index (χ0) is 15.9. The smallest absolute Gasteiger partial charge is 0.336 e. The average Bonchev–Trinajstić information content (AvgIpc) is 2.86. The molecule has 3 heterocycles. The quantitative estimate of drug-likeness (QED) is 0.877. The molecule has 0 spiro atoms. The molecule has 118 valence electrons. The minimum atomic E-state index is -0.869. The van der Waals surface area contributed by atoms with Crippen molar-refractivity contribution in [3.63, 3.8) is 0 Å². The summed E-state index contributed by atoms with van der Waals surface area (Å²) in [5, 5.41) is 12.9. The van der Waals surface area contributed by atoms with Crippen LogP contribution in [0.3, 0.4) is 0 Å². The number of hydrogen-bond acceptors (Lipinski definition) is 3. The van der Waals surface area contributed by atoms with E-state index in [0.29, 0.717) is 5.56 Å². The van der Waals surface area contributed by atoms with Crippen molar-refractivity contribution < 1.29 is 9.90 Å². The molecular weight excluding hydrogens is 346 g/mol. The van der Waals surface area contributed by atoms with Gasteiger partial charge >= 0.3 is 5.97 Å². The largest absolute Gasteiger partial charge is 0.478 e. The molecule has 0 saturated carbocycles. The van der Waals surface area contributed by atoms with Crippen LogP contribution in [0.5, 0.6) is 0 Å². The number of piperazine rings is 1. The number of aromatic carboxylic acids is 1. The Morgan fingerprint density at radius 3 is 2.68 bits per heavy atom. The molecule has 1 aliphatic heterocycles. The third-order valence-corrected chi connectivity index (χ3v) is 4.92. The zero-order valence-corrected chi connectivity index (χ0v) is 14.4. The van der Waals surface area contributed by atoms with E-state index in [1.165, 1.54) is 0 Å². The van der Waals surface area contributed by atoms with Crippen molar-refractivity contribution in [2.75, 3.05) is 26.2 Å². The van der Waals surface area contributed by atoms with Crippen molar-refractivity contribution in [3.8, 4) is 0 Å². The van der Waals surface area contributed by atoms with Gasteiger partial charge in [-0.2, -0.15) is 0 Å². The van der Waals surface area contributed by atoms with Gasteiger partial charge in [0, 0.05) is 54.1 Å². The Labute approximate surface area is 138 Å². The molecule has 0 radical (unpaired) electrons. The lowest BCUT2D eigenvalue weighted by Gasteiger charge is -2.34. The summed E-state index contributed by atoms with van der Waals surface area (Å²) >= 11 is 3.50. The van der Waals surface area contributed by atoms with Crippen LogP contribution in [0.1, 0.15) is 34.6 Å². The minimum absolute atomic E-state index is 0.170. The number of carboxylic acids is 1. The Morgan fingerprint density at radius 2 is 2.05 bits per heavy atom. The van der Waals surface area contributed by atoms with Gasteiger partial charge in [0.15, 0.2) is 0 Å². The number of rotatable bonds is 3. The molecule has 2 aromatic heterocycles. The fraction of sp³-hybridized carbons (Fsp3) is 0.438. The minimum Gasteiger partial charge on any atom is -0.478 e. The van der Waals surface area contributed by atoms with Crippen molar-refractivity contribution in [3.05, 3.63) is 39.6 Å². The highest BCUT2D eigenvalue weighted by molar-refractivity contribution is 9.10. The maximum absolute atomic E-state index is 11.6. The van der Waals surface area contributed by atoms with Gasteiger partial charge in [-0.3, -0.25) is 4.90 Å². The van der Waals surface area contributed by atoms with Crippen LogP contribution in [0.25, 0.3) is 5.52 Å². The van der Waals surface area contributed by atoms with Crippen LogP contribution in [0.2, 0.25) is 0 Å². The summed E-state index contributed by atoms with van der Waals surface area (Å²) in [5.74, 6) is -0.869. The number of pyridine rings is 1. The zero-order valence-electron chi connectivity index (χ0n) is 12.8. The number of fused-ring (bicyclic) bond motifs is 1. The van der Waals surface area contributed by atoms with E-state index in [1.54, 1.807) is 6.07 Å². The summed E-state index contributed by atoms with van der Waals surface area (Å²) in [6.07, 6.45) is 2.02. The van der Waals surface area contributed by atoms with Crippen molar-refractivity contribution in [2.45, 2.75) is 19.9 Å². The first-order valence-corrected chi connectivity index (χ1v) is 8.27. The Bertz CT molecular complexity index is 720. The van der Waals surface area contributed by atoms with Crippen molar-refractivity contribution in [1.29, 1.82) is 0 Å². The molecule has 0 aromatic carbocycles. The SMILES string of the molecule is Cc1c(C(=O)O)cc2cc(Br)cn2c1C(C)N1CCNCC1. The van der Waals surface area contributed by atoms with E-state index in [9.17, 15) is 9.90 Å². The van der Waals surface area contributed by atoms with E-state index < -0.39 is 5.97 Å². The monoisotopic (exact) mass is 365 g/mol. The summed E-state index contributed by atoms with van der Waals surface area (Å²) in [7, 11) is 0. The van der Waals surface area contributed by atoms with Gasteiger partial charge in [-0.15, -0.1) is 0 Å². The highest BCUT2D eigenvalue weighted by atomic mass is 79.9. The van der Waals surface area contributed by atoms with Gasteiger partial charge in [-0.1, -0.05) is 0 Å². The van der Waals surface area contributed by atoms with Crippen LogP contribution in [0.15, 0.2) is 22.8 Å². The lowest BCUT2D eigenvalue weighted by molar-refractivity contribution is 0.0695. The van der Waals surface area contributed by atoms with E-state index >= 15 is 0 Å². The number of hydrogen-bond donors (Lipinski definition) is 2. The summed E-state index contributed by atoms with van der Waals surface area (Å²) < 4.78 is 3.07. The molecule has 1 fully saturated rings. The van der Waals surface area contributed by atoms with Crippen LogP contribution < -0.4 is 5.32 Å². The van der Waals surface area contributed by atoms with Crippen molar-refractivity contribution in [2.24, 2.45) is 0 Å². The highest BCUT2D eigenvalue weighted by Crippen LogP contribution is 2.30. The highest BCUT2D eigenvalue weighted by Gasteiger charge is 2.24. The van der Waals surface area contributed by atoms with Crippen molar-refractivity contribution in [1.82, 2.24) is 14.6 Å². The van der Waals surface area contributed by atoms with Crippen LogP contribution in [-0.4, -0.2) is 46.6 Å². The van der Waals surface area contributed by atoms with Gasteiger partial charge < -0.3 is 14.8 Å². The van der Waals surface area contributed by atoms with E-state index in [-0.39, 0.29) is 6.04 Å². The molecule has 2 aromatic rings. The standard InChI is InChI=1S/C16H20BrN3O2/c1-10-14(16(21)22)8-13-7-12(17)9-20(13)15(10)11(2)19-5-3-18-4-6-19/h7-9,11,18H,3-6H2,1-2H3,(H,21,22). The maximum atomic E-state index is 11.6. The summed E-state index contributed by atoms with van der Waals surface area (Å²) in [5.41, 5.74) is 3.19. The molecule has 1 unspecified atom stereocenters. The molecule has 1 saturated heterocycles. The lowest BCUT2D eigenvalue weighted by Crippen LogP contribution is -2.45. The molecule has 6 heteroatoms. The van der Waals surface area contributed by atoms with E-state index in [4.69, 9.17) is 0 Å². The molecule has 1 aliphatic rings. The molecule has 0 bridgehead atoms. The molecule has 0 amide bonds. The van der Waals surface area contributed by atoms with Crippen molar-refractivity contribution >= 4 is 27.4 Å². The van der Waals surface area contributed by atoms with Crippen LogP contribution in [0.4, 0.5) is 0 Å². The topological polar surface area (TPSA) is 57.0 Å². The number of halogens is 1. The third-order valence-electron chi connectivity index (χ3n) is 4.48. The molecular formula is C16H20BrN3O2. The number of nitrogens with zero attached hydrogens (tertiary/aromatic N) is 2. The second-order valence-corrected chi connectivity index (χ2v) is 6.70. The van der Waals surface area contributed by atoms with Crippen LogP contribution in [-0.2, 0) is 0 Å². The van der Waals surface area contributed by atoms with E-state index in [0.717, 1.165) is 47.4 Å². The predicted octanol–water partition coefficient (Wildman–Crippen LogP) is 2.67. The fourth-order valence-electron chi connectivity index (χ4n) is 3.32. The molecule has 1 atom stereocenters. The molecule has 2 N–H and O–H groups in total. The van der Waals surface area contributed by atoms with Gasteiger partial charge in [0.2, 0.25) is 0 Å². The second kappa shape index (κ2) is 6.02. The molecule has 3 rings (SSSR count). The van der Waals surface area contributed by atoms with E-state index in [2.05, 4.69) is 37.5 Å². The first-order valence-electron chi connectivity index (χ1n) is 7.48. The number of carboxylic acid groups (broad SMARTS) is 1. The fourth-order valence-corrected chi connectivity index (χ4v) is 3.76. The Kier molecular flexibility index (Phi) is 4.25. The van der Waals surface area contributed by atoms with Gasteiger partial charge in [0.1, 0.15) is 0 Å². The maximum Gasteiger partial charge on any atom is 0.336 e. The van der Waals surface area contributed by atoms with Crippen LogP contribution >= 0.6 is 15.9 Å². The summed E-state index contributed by atoms with van der Waals surface area (Å²) in [6, 6.07) is 3.87. The normalized spacial score (nSPS) is 17.8. The second-order valence-electron chi connectivity index (χ2n) is 5.79. The Hall–Kier alpha value is -1.37. The summed E-state index contributed by atoms with van der Waals surface area (Å²) in [4.78, 5) is 14.0. The van der Waals surface area contributed by atoms with Gasteiger partial charge in [0.25, 0.3) is 0 Å². The summed E-state index contributed by atoms with van der Waals surface area (Å²) in [6.45, 7) is 7.96. The average molecular weight is 366 g/mol. The molecule has 5 nitrogen and oxygen atoms in total. The third kappa shape index (κ3) is 2.66. The number of carbonyl (C=O) groups is 1. The van der Waals surface area contributed by atoms with E-state index in [1.807, 2.05) is 19.2 Å². The molecule has 0 aliphatic carbocycles. The van der Waals surface area contributed by atoms with Gasteiger partial charge in [-0.25, -0.2) is 4.79 Å². The first kappa shape index (κ1) is 15.5. The Morgan fingerprint density at radius 1 is 1.36 bits per heavy atom. The lowest BCUT2D eigenvalue weighted by atomic mass is 10.0. The molecule has 22 heavy (non-hydrogen) atoms. The predicted molar refractivity (Wildman–Crippen MR) is 89.7 cm³/mol. The van der Waals surface area contributed by atoms with Gasteiger partial charge in [-0.05, 0) is 47.5 Å².